The first-order valence-corrected chi connectivity index (χ1v) is 3.49. The number of aromatic nitrogens is 1. The Morgan fingerprint density at radius 2 is 2.23 bits per heavy atom. The number of nitrogens with zero attached hydrogens (tertiary/aromatic N) is 2. The van der Waals surface area contributed by atoms with E-state index in [9.17, 15) is 14.9 Å². The van der Waals surface area contributed by atoms with Crippen molar-refractivity contribution in [2.45, 2.75) is 6.92 Å². The van der Waals surface area contributed by atoms with Crippen molar-refractivity contribution in [3.8, 4) is 0 Å². The monoisotopic (exact) mass is 184 g/mol. The molecule has 70 valence electrons. The highest BCUT2D eigenvalue weighted by molar-refractivity contribution is 5.87. The van der Waals surface area contributed by atoms with Gasteiger partial charge >= 0.3 is 5.97 Å². The summed E-state index contributed by atoms with van der Waals surface area (Å²) in [5.74, 6) is -1.17. The van der Waals surface area contributed by atoms with Crippen LogP contribution in [0.4, 0.5) is 5.69 Å². The molecule has 1 N–H and O–H groups in total. The van der Waals surface area contributed by atoms with Crippen molar-refractivity contribution < 1.29 is 14.8 Å². The number of nitro groups is 1. The highest BCUT2D eigenvalue weighted by Crippen LogP contribution is 2.21. The average Bonchev–Trinajstić information content (AvgIpc) is 2.29. The Bertz CT molecular complexity index is 346. The van der Waals surface area contributed by atoms with E-state index < -0.39 is 10.9 Å². The molecule has 0 spiro atoms. The first kappa shape index (κ1) is 9.24. The normalized spacial score (nSPS) is 10.0. The van der Waals surface area contributed by atoms with Gasteiger partial charge in [-0.15, -0.1) is 0 Å². The summed E-state index contributed by atoms with van der Waals surface area (Å²) in [5.41, 5.74) is 0.0894. The first-order chi connectivity index (χ1) is 5.95. The molecule has 0 atom stereocenters. The molecule has 1 rings (SSSR count). The SMILES string of the molecule is Cc1c([N+](=O)[O-])cc(C(=O)O)n1C. The van der Waals surface area contributed by atoms with Gasteiger partial charge in [0.2, 0.25) is 0 Å². The molecule has 6 nitrogen and oxygen atoms in total. The van der Waals surface area contributed by atoms with Crippen molar-refractivity contribution in [2.75, 3.05) is 0 Å². The Morgan fingerprint density at radius 1 is 1.69 bits per heavy atom. The molecule has 1 heterocycles. The number of carbonyl (C=O) groups is 1. The highest BCUT2D eigenvalue weighted by atomic mass is 16.6. The summed E-state index contributed by atoms with van der Waals surface area (Å²) in [6.45, 7) is 1.50. The van der Waals surface area contributed by atoms with Gasteiger partial charge in [0.15, 0.2) is 0 Å². The van der Waals surface area contributed by atoms with E-state index >= 15 is 0 Å². The van der Waals surface area contributed by atoms with Gasteiger partial charge in [-0.05, 0) is 6.92 Å². The molecule has 0 unspecified atom stereocenters. The Morgan fingerprint density at radius 3 is 2.46 bits per heavy atom. The molecule has 0 saturated heterocycles. The summed E-state index contributed by atoms with van der Waals surface area (Å²) in [6, 6.07) is 1.05. The summed E-state index contributed by atoms with van der Waals surface area (Å²) in [4.78, 5) is 20.4. The highest BCUT2D eigenvalue weighted by Gasteiger charge is 2.21. The maximum absolute atomic E-state index is 10.6. The zero-order valence-corrected chi connectivity index (χ0v) is 7.14. The molecule has 0 bridgehead atoms. The van der Waals surface area contributed by atoms with Crippen LogP contribution in [0.5, 0.6) is 0 Å². The predicted octanol–water partition coefficient (Wildman–Crippen LogP) is 0.940. The predicted molar refractivity (Wildman–Crippen MR) is 43.8 cm³/mol. The van der Waals surface area contributed by atoms with Crippen LogP contribution >= 0.6 is 0 Å². The third kappa shape index (κ3) is 1.37. The molecule has 6 heteroatoms. The quantitative estimate of drug-likeness (QED) is 0.547. The lowest BCUT2D eigenvalue weighted by Gasteiger charge is -1.97. The Hall–Kier alpha value is -1.85. The molecular weight excluding hydrogens is 176 g/mol. The molecule has 1 aromatic heterocycles. The van der Waals surface area contributed by atoms with E-state index in [1.54, 1.807) is 0 Å². The van der Waals surface area contributed by atoms with Crippen LogP contribution in [0.15, 0.2) is 6.07 Å². The van der Waals surface area contributed by atoms with Gasteiger partial charge in [0, 0.05) is 13.1 Å². The third-order valence-corrected chi connectivity index (χ3v) is 1.92. The lowest BCUT2D eigenvalue weighted by atomic mass is 10.4. The van der Waals surface area contributed by atoms with Gasteiger partial charge in [-0.25, -0.2) is 4.79 Å². The van der Waals surface area contributed by atoms with Gasteiger partial charge in [0.05, 0.1) is 10.6 Å². The molecule has 0 saturated carbocycles. The van der Waals surface area contributed by atoms with Gasteiger partial charge in [0.25, 0.3) is 5.69 Å². The number of rotatable bonds is 2. The van der Waals surface area contributed by atoms with E-state index in [1.807, 2.05) is 0 Å². The minimum Gasteiger partial charge on any atom is -0.477 e. The molecule has 0 fully saturated rings. The van der Waals surface area contributed by atoms with Crippen LogP contribution in [0.3, 0.4) is 0 Å². The molecule has 0 aliphatic rings. The van der Waals surface area contributed by atoms with E-state index in [2.05, 4.69) is 0 Å². The smallest absolute Gasteiger partial charge is 0.352 e. The van der Waals surface area contributed by atoms with Gasteiger partial charge in [-0.2, -0.15) is 0 Å². The van der Waals surface area contributed by atoms with Crippen molar-refractivity contribution >= 4 is 11.7 Å². The summed E-state index contributed by atoms with van der Waals surface area (Å²) in [6.07, 6.45) is 0. The van der Waals surface area contributed by atoms with Gasteiger partial charge in [-0.1, -0.05) is 0 Å². The number of hydrogen-bond donors (Lipinski definition) is 1. The molecule has 0 amide bonds. The second-order valence-electron chi connectivity index (χ2n) is 2.62. The summed E-state index contributed by atoms with van der Waals surface area (Å²) in [7, 11) is 1.48. The standard InChI is InChI=1S/C7H8N2O4/c1-4-5(9(12)13)3-6(7(10)11)8(4)2/h3H,1-2H3,(H,10,11). The minimum atomic E-state index is -1.17. The second kappa shape index (κ2) is 2.89. The van der Waals surface area contributed by atoms with E-state index in [0.717, 1.165) is 6.07 Å². The maximum atomic E-state index is 10.6. The van der Waals surface area contributed by atoms with Crippen molar-refractivity contribution in [1.29, 1.82) is 0 Å². The third-order valence-electron chi connectivity index (χ3n) is 1.92. The van der Waals surface area contributed by atoms with Crippen LogP contribution in [0.25, 0.3) is 0 Å². The fraction of sp³-hybridized carbons (Fsp3) is 0.286. The topological polar surface area (TPSA) is 85.4 Å². The summed E-state index contributed by atoms with van der Waals surface area (Å²) in [5, 5.41) is 19.1. The van der Waals surface area contributed by atoms with Crippen LogP contribution in [0.1, 0.15) is 16.2 Å². The van der Waals surface area contributed by atoms with Crippen molar-refractivity contribution in [3.05, 3.63) is 27.6 Å². The molecule has 13 heavy (non-hydrogen) atoms. The fourth-order valence-corrected chi connectivity index (χ4v) is 1.07. The Balaban J connectivity index is 3.36. The Labute approximate surface area is 73.6 Å². The lowest BCUT2D eigenvalue weighted by molar-refractivity contribution is -0.385. The van der Waals surface area contributed by atoms with E-state index in [-0.39, 0.29) is 11.4 Å². The minimum absolute atomic E-state index is 0.0794. The molecule has 0 aliphatic heterocycles. The van der Waals surface area contributed by atoms with Crippen LogP contribution in [-0.2, 0) is 7.05 Å². The number of hydrogen-bond acceptors (Lipinski definition) is 3. The zero-order valence-electron chi connectivity index (χ0n) is 7.14. The Kier molecular flexibility index (Phi) is 2.05. The molecule has 1 aromatic rings. The zero-order chi connectivity index (χ0) is 10.2. The van der Waals surface area contributed by atoms with Crippen LogP contribution in [0.2, 0.25) is 0 Å². The van der Waals surface area contributed by atoms with Gasteiger partial charge in [-0.3, -0.25) is 10.1 Å². The molecule has 0 aliphatic carbocycles. The van der Waals surface area contributed by atoms with Crippen LogP contribution in [-0.4, -0.2) is 20.6 Å². The average molecular weight is 184 g/mol. The second-order valence-corrected chi connectivity index (χ2v) is 2.62. The number of aromatic carboxylic acids is 1. The van der Waals surface area contributed by atoms with Crippen molar-refractivity contribution in [2.24, 2.45) is 7.05 Å². The van der Waals surface area contributed by atoms with Crippen molar-refractivity contribution in [1.82, 2.24) is 4.57 Å². The van der Waals surface area contributed by atoms with E-state index in [1.165, 1.54) is 18.5 Å². The summed E-state index contributed by atoms with van der Waals surface area (Å²) < 4.78 is 1.28. The summed E-state index contributed by atoms with van der Waals surface area (Å²) >= 11 is 0. The van der Waals surface area contributed by atoms with Gasteiger partial charge in [0.1, 0.15) is 5.69 Å². The number of carboxylic acid groups (broad SMARTS) is 1. The van der Waals surface area contributed by atoms with Crippen molar-refractivity contribution in [3.63, 3.8) is 0 Å². The number of carboxylic acids is 1. The molecule has 0 aromatic carbocycles. The van der Waals surface area contributed by atoms with E-state index in [4.69, 9.17) is 5.11 Å². The lowest BCUT2D eigenvalue weighted by Crippen LogP contribution is -2.04. The van der Waals surface area contributed by atoms with Crippen LogP contribution in [0, 0.1) is 17.0 Å². The molecule has 0 radical (unpaired) electrons. The largest absolute Gasteiger partial charge is 0.477 e. The fourth-order valence-electron chi connectivity index (χ4n) is 1.07. The first-order valence-electron chi connectivity index (χ1n) is 3.49. The maximum Gasteiger partial charge on any atom is 0.352 e. The molecular formula is C7H8N2O4. The van der Waals surface area contributed by atoms with E-state index in [0.29, 0.717) is 5.69 Å². The van der Waals surface area contributed by atoms with Gasteiger partial charge < -0.3 is 9.67 Å². The van der Waals surface area contributed by atoms with Crippen LogP contribution < -0.4 is 0 Å².